The van der Waals surface area contributed by atoms with Gasteiger partial charge in [0.2, 0.25) is 11.1 Å². The summed E-state index contributed by atoms with van der Waals surface area (Å²) in [4.78, 5) is 15.6. The maximum atomic E-state index is 11.6. The van der Waals surface area contributed by atoms with Crippen molar-refractivity contribution in [3.05, 3.63) is 36.7 Å². The van der Waals surface area contributed by atoms with Crippen LogP contribution in [0.5, 0.6) is 0 Å². The number of hydrogen-bond acceptors (Lipinski definition) is 6. The molecule has 1 atom stereocenters. The Kier molecular flexibility index (Phi) is 4.01. The van der Waals surface area contributed by atoms with Gasteiger partial charge in [0, 0.05) is 30.9 Å². The van der Waals surface area contributed by atoms with E-state index in [1.807, 2.05) is 37.5 Å². The molecule has 0 radical (unpaired) electrons. The highest BCUT2D eigenvalue weighted by atomic mass is 32.2. The molecule has 6 nitrogen and oxygen atoms in total. The predicted molar refractivity (Wildman–Crippen MR) is 83.3 cm³/mol. The van der Waals surface area contributed by atoms with Crippen molar-refractivity contribution in [3.8, 4) is 0 Å². The van der Waals surface area contributed by atoms with Gasteiger partial charge in [-0.05, 0) is 30.7 Å². The molecule has 1 aliphatic heterocycles. The minimum atomic E-state index is -0.0740. The zero-order valence-corrected chi connectivity index (χ0v) is 12.4. The van der Waals surface area contributed by atoms with Gasteiger partial charge < -0.3 is 9.88 Å². The van der Waals surface area contributed by atoms with E-state index in [1.165, 1.54) is 11.8 Å². The first-order chi connectivity index (χ1) is 10.2. The highest BCUT2D eigenvalue weighted by Gasteiger charge is 2.24. The van der Waals surface area contributed by atoms with E-state index in [9.17, 15) is 4.79 Å². The second-order valence-electron chi connectivity index (χ2n) is 4.74. The van der Waals surface area contributed by atoms with E-state index in [-0.39, 0.29) is 11.2 Å². The second-order valence-corrected chi connectivity index (χ2v) is 5.84. The lowest BCUT2D eigenvalue weighted by Gasteiger charge is -2.11. The van der Waals surface area contributed by atoms with Gasteiger partial charge in [-0.2, -0.15) is 0 Å². The smallest absolute Gasteiger partial charge is 0.249 e. The predicted octanol–water partition coefficient (Wildman–Crippen LogP) is 3.28. The van der Waals surface area contributed by atoms with Crippen LogP contribution in [-0.2, 0) is 11.8 Å². The number of rotatable bonds is 4. The van der Waals surface area contributed by atoms with Crippen LogP contribution in [0.15, 0.2) is 46.9 Å². The molecule has 0 saturated carbocycles. The van der Waals surface area contributed by atoms with Crippen LogP contribution in [0, 0.1) is 0 Å². The Bertz CT molecular complexity index is 664. The highest BCUT2D eigenvalue weighted by molar-refractivity contribution is 8.14. The van der Waals surface area contributed by atoms with E-state index in [2.05, 4.69) is 20.5 Å². The third-order valence-electron chi connectivity index (χ3n) is 3.19. The van der Waals surface area contributed by atoms with Gasteiger partial charge in [0.05, 0.1) is 11.7 Å². The van der Waals surface area contributed by atoms with Crippen LogP contribution < -0.4 is 5.32 Å². The number of carbonyl (C=O) groups is 1. The number of benzene rings is 1. The molecule has 21 heavy (non-hydrogen) atoms. The monoisotopic (exact) mass is 301 g/mol. The van der Waals surface area contributed by atoms with Gasteiger partial charge in [0.25, 0.3) is 0 Å². The van der Waals surface area contributed by atoms with Gasteiger partial charge in [-0.3, -0.25) is 4.79 Å². The Morgan fingerprint density at radius 3 is 2.76 bits per heavy atom. The zero-order valence-electron chi connectivity index (χ0n) is 11.6. The average Bonchev–Trinajstić information content (AvgIpc) is 3.08. The minimum absolute atomic E-state index is 0.0740. The molecule has 0 bridgehead atoms. The molecular formula is C14H15N5OS. The average molecular weight is 301 g/mol. The maximum Gasteiger partial charge on any atom is 0.249 e. The summed E-state index contributed by atoms with van der Waals surface area (Å²) >= 11 is 1.39. The number of imidazole rings is 1. The van der Waals surface area contributed by atoms with Crippen molar-refractivity contribution >= 4 is 34.2 Å². The number of nitrogens with zero attached hydrogens (tertiary/aromatic N) is 4. The molecule has 1 N–H and O–H groups in total. The fourth-order valence-corrected chi connectivity index (χ4v) is 2.94. The first-order valence-corrected chi connectivity index (χ1v) is 7.63. The van der Waals surface area contributed by atoms with Gasteiger partial charge in [-0.25, -0.2) is 4.98 Å². The molecule has 1 aromatic carbocycles. The number of nitrogens with one attached hydrogen (secondary N) is 1. The summed E-state index contributed by atoms with van der Waals surface area (Å²) in [6, 6.07) is 7.46. The lowest BCUT2D eigenvalue weighted by atomic mass is 10.2. The summed E-state index contributed by atoms with van der Waals surface area (Å²) in [5.41, 5.74) is 1.67. The fourth-order valence-electron chi connectivity index (χ4n) is 2.01. The van der Waals surface area contributed by atoms with Crippen LogP contribution in [-0.4, -0.2) is 26.5 Å². The van der Waals surface area contributed by atoms with Crippen LogP contribution in [0.4, 0.5) is 17.3 Å². The maximum absolute atomic E-state index is 11.6. The first kappa shape index (κ1) is 13.8. The van der Waals surface area contributed by atoms with Gasteiger partial charge >= 0.3 is 0 Å². The largest absolute Gasteiger partial charge is 0.374 e. The fraction of sp³-hybridized carbons (Fsp3) is 0.286. The number of carbonyl (C=O) groups excluding carboxylic acids is 1. The summed E-state index contributed by atoms with van der Waals surface area (Å²) in [6.45, 7) is 0. The molecule has 1 aromatic heterocycles. The number of hydrogen-bond donors (Lipinski definition) is 1. The standard InChI is InChI=1S/C14H15N5OS/c1-19-8-7-15-14(19)18-17-11-4-2-10(3-5-11)16-12-6-9-21-13(12)20/h2-5,7-8,12,16H,6,9H2,1H3/b18-17+. The SMILES string of the molecule is Cn1ccnc1/N=N/c1ccc(NC2CCSC2=O)cc1. The lowest BCUT2D eigenvalue weighted by molar-refractivity contribution is -0.111. The molecule has 0 amide bonds. The molecule has 0 aliphatic carbocycles. The van der Waals surface area contributed by atoms with Crippen molar-refractivity contribution in [3.63, 3.8) is 0 Å². The van der Waals surface area contributed by atoms with Crippen molar-refractivity contribution in [1.82, 2.24) is 9.55 Å². The Morgan fingerprint density at radius 2 is 2.14 bits per heavy atom. The van der Waals surface area contributed by atoms with E-state index in [4.69, 9.17) is 0 Å². The summed E-state index contributed by atoms with van der Waals surface area (Å²) < 4.78 is 1.79. The zero-order chi connectivity index (χ0) is 14.7. The third kappa shape index (κ3) is 3.30. The molecule has 1 saturated heterocycles. The molecule has 1 aliphatic rings. The van der Waals surface area contributed by atoms with Crippen molar-refractivity contribution in [2.75, 3.05) is 11.1 Å². The topological polar surface area (TPSA) is 71.6 Å². The Balaban J connectivity index is 1.65. The number of anilines is 1. The molecule has 2 heterocycles. The Hall–Kier alpha value is -2.15. The molecule has 7 heteroatoms. The number of aryl methyl sites for hydroxylation is 1. The van der Waals surface area contributed by atoms with Crippen LogP contribution in [0.25, 0.3) is 0 Å². The normalized spacial score (nSPS) is 18.5. The molecular weight excluding hydrogens is 286 g/mol. The highest BCUT2D eigenvalue weighted by Crippen LogP contribution is 2.24. The summed E-state index contributed by atoms with van der Waals surface area (Å²) in [6.07, 6.45) is 4.38. The second kappa shape index (κ2) is 6.09. The molecule has 2 aromatic rings. The number of azo groups is 1. The number of thioether (sulfide) groups is 1. The summed E-state index contributed by atoms with van der Waals surface area (Å²) in [7, 11) is 1.87. The van der Waals surface area contributed by atoms with E-state index in [0.717, 1.165) is 23.5 Å². The van der Waals surface area contributed by atoms with E-state index >= 15 is 0 Å². The third-order valence-corrected chi connectivity index (χ3v) is 4.20. The minimum Gasteiger partial charge on any atom is -0.374 e. The van der Waals surface area contributed by atoms with E-state index < -0.39 is 0 Å². The van der Waals surface area contributed by atoms with Crippen LogP contribution in [0.1, 0.15) is 6.42 Å². The van der Waals surface area contributed by atoms with Gasteiger partial charge in [-0.15, -0.1) is 10.2 Å². The summed E-state index contributed by atoms with van der Waals surface area (Å²) in [5, 5.41) is 11.7. The van der Waals surface area contributed by atoms with Gasteiger partial charge in [-0.1, -0.05) is 11.8 Å². The van der Waals surface area contributed by atoms with Crippen LogP contribution in [0.3, 0.4) is 0 Å². The van der Waals surface area contributed by atoms with Crippen LogP contribution >= 0.6 is 11.8 Å². The molecule has 1 unspecified atom stereocenters. The summed E-state index contributed by atoms with van der Waals surface area (Å²) in [5.74, 6) is 1.46. The lowest BCUT2D eigenvalue weighted by Crippen LogP contribution is -2.22. The van der Waals surface area contributed by atoms with Crippen molar-refractivity contribution in [2.45, 2.75) is 12.5 Å². The van der Waals surface area contributed by atoms with E-state index in [0.29, 0.717) is 5.95 Å². The number of aromatic nitrogens is 2. The van der Waals surface area contributed by atoms with Crippen molar-refractivity contribution in [1.29, 1.82) is 0 Å². The first-order valence-electron chi connectivity index (χ1n) is 6.65. The van der Waals surface area contributed by atoms with Gasteiger partial charge in [0.1, 0.15) is 0 Å². The van der Waals surface area contributed by atoms with Crippen LogP contribution in [0.2, 0.25) is 0 Å². The quantitative estimate of drug-likeness (QED) is 0.880. The van der Waals surface area contributed by atoms with Crippen molar-refractivity contribution in [2.24, 2.45) is 17.3 Å². The Morgan fingerprint density at radius 1 is 1.33 bits per heavy atom. The van der Waals surface area contributed by atoms with Gasteiger partial charge in [0.15, 0.2) is 0 Å². The molecule has 3 rings (SSSR count). The molecule has 108 valence electrons. The van der Waals surface area contributed by atoms with Crippen molar-refractivity contribution < 1.29 is 4.79 Å². The van der Waals surface area contributed by atoms with E-state index in [1.54, 1.807) is 10.8 Å². The Labute approximate surface area is 126 Å². The molecule has 0 spiro atoms. The molecule has 1 fully saturated rings.